The van der Waals surface area contributed by atoms with E-state index in [1.165, 1.54) is 6.07 Å². The van der Waals surface area contributed by atoms with Crippen molar-refractivity contribution in [2.24, 2.45) is 10.7 Å². The van der Waals surface area contributed by atoms with Crippen molar-refractivity contribution in [1.29, 1.82) is 0 Å². The molecule has 104 valence electrons. The predicted molar refractivity (Wildman–Crippen MR) is 79.5 cm³/mol. The second-order valence-corrected chi connectivity index (χ2v) is 7.05. The average Bonchev–Trinajstić information content (AvgIpc) is 2.39. The van der Waals surface area contributed by atoms with Gasteiger partial charge in [-0.2, -0.15) is 0 Å². The summed E-state index contributed by atoms with van der Waals surface area (Å²) in [6.07, 6.45) is 0. The van der Waals surface area contributed by atoms with Gasteiger partial charge in [0.25, 0.3) is 0 Å². The molecule has 4 nitrogen and oxygen atoms in total. The molecule has 0 unspecified atom stereocenters. The standard InChI is InChI=1S/C13H19FN4S/c1-13(2)12(16)17-11(7-18(3)19-13)9-6-8(15)4-5-10(9)14/h4-6,11H,7,15H2,1-3H3,(H2,16,17)/t11-/m0/s1. The number of hydrogen-bond donors (Lipinski definition) is 2. The van der Waals surface area contributed by atoms with E-state index < -0.39 is 0 Å². The zero-order chi connectivity index (χ0) is 14.2. The summed E-state index contributed by atoms with van der Waals surface area (Å²) in [7, 11) is 1.96. The van der Waals surface area contributed by atoms with Gasteiger partial charge in [-0.05, 0) is 39.1 Å². The van der Waals surface area contributed by atoms with Crippen molar-refractivity contribution in [3.63, 3.8) is 0 Å². The number of nitrogens with zero attached hydrogens (tertiary/aromatic N) is 2. The molecule has 0 aliphatic carbocycles. The minimum atomic E-state index is -0.331. The van der Waals surface area contributed by atoms with Crippen molar-refractivity contribution in [3.05, 3.63) is 29.6 Å². The number of halogens is 1. The summed E-state index contributed by atoms with van der Waals surface area (Å²) in [5, 5.41) is 0. The molecule has 1 aromatic carbocycles. The van der Waals surface area contributed by atoms with Gasteiger partial charge in [-0.1, -0.05) is 11.9 Å². The number of amidine groups is 1. The number of likely N-dealkylation sites (N-methyl/N-ethyl adjacent to an activating group) is 1. The SMILES string of the molecule is CN1C[C@@H](c2cc(N)ccc2F)N=C(N)C(C)(C)S1. The summed E-state index contributed by atoms with van der Waals surface area (Å²) in [6.45, 7) is 4.60. The van der Waals surface area contributed by atoms with Crippen LogP contribution in [-0.4, -0.2) is 28.5 Å². The van der Waals surface area contributed by atoms with E-state index in [0.717, 1.165) is 0 Å². The highest BCUT2D eigenvalue weighted by molar-refractivity contribution is 7.99. The van der Waals surface area contributed by atoms with E-state index in [1.807, 2.05) is 25.2 Å². The van der Waals surface area contributed by atoms with E-state index >= 15 is 0 Å². The van der Waals surface area contributed by atoms with Gasteiger partial charge in [-0.25, -0.2) is 4.39 Å². The molecule has 0 amide bonds. The number of rotatable bonds is 1. The Bertz CT molecular complexity index is 515. The maximum absolute atomic E-state index is 13.9. The van der Waals surface area contributed by atoms with Gasteiger partial charge in [0.1, 0.15) is 11.7 Å². The number of benzene rings is 1. The molecule has 19 heavy (non-hydrogen) atoms. The Balaban J connectivity index is 2.43. The van der Waals surface area contributed by atoms with Crippen LogP contribution < -0.4 is 11.5 Å². The van der Waals surface area contributed by atoms with Gasteiger partial charge < -0.3 is 11.5 Å². The Morgan fingerprint density at radius 1 is 1.42 bits per heavy atom. The monoisotopic (exact) mass is 282 g/mol. The van der Waals surface area contributed by atoms with E-state index in [0.29, 0.717) is 23.6 Å². The lowest BCUT2D eigenvalue weighted by Crippen LogP contribution is -2.36. The van der Waals surface area contributed by atoms with Crippen LogP contribution in [0, 0.1) is 5.82 Å². The van der Waals surface area contributed by atoms with Gasteiger partial charge in [0.2, 0.25) is 0 Å². The Hall–Kier alpha value is -1.27. The Morgan fingerprint density at radius 2 is 2.11 bits per heavy atom. The highest BCUT2D eigenvalue weighted by Gasteiger charge is 2.32. The van der Waals surface area contributed by atoms with E-state index in [2.05, 4.69) is 4.99 Å². The molecule has 1 aromatic rings. The van der Waals surface area contributed by atoms with Crippen molar-refractivity contribution in [2.45, 2.75) is 24.6 Å². The van der Waals surface area contributed by atoms with Crippen LogP contribution in [0.2, 0.25) is 0 Å². The first-order valence-corrected chi connectivity index (χ1v) is 6.86. The van der Waals surface area contributed by atoms with Gasteiger partial charge in [-0.3, -0.25) is 9.30 Å². The lowest BCUT2D eigenvalue weighted by atomic mass is 10.1. The van der Waals surface area contributed by atoms with Crippen molar-refractivity contribution in [3.8, 4) is 0 Å². The minimum absolute atomic E-state index is 0.291. The van der Waals surface area contributed by atoms with Gasteiger partial charge in [0, 0.05) is 17.8 Å². The van der Waals surface area contributed by atoms with Crippen molar-refractivity contribution < 1.29 is 4.39 Å². The first-order valence-electron chi connectivity index (χ1n) is 6.08. The molecule has 1 aliphatic heterocycles. The highest BCUT2D eigenvalue weighted by Crippen LogP contribution is 2.35. The number of anilines is 1. The predicted octanol–water partition coefficient (Wildman–Crippen LogP) is 2.18. The number of nitrogens with two attached hydrogens (primary N) is 2. The molecule has 0 saturated heterocycles. The van der Waals surface area contributed by atoms with Gasteiger partial charge in [0.15, 0.2) is 0 Å². The third kappa shape index (κ3) is 3.01. The summed E-state index contributed by atoms with van der Waals surface area (Å²) < 4.78 is 15.7. The van der Waals surface area contributed by atoms with E-state index in [9.17, 15) is 4.39 Å². The largest absolute Gasteiger partial charge is 0.399 e. The second-order valence-electron chi connectivity index (χ2n) is 5.22. The van der Waals surface area contributed by atoms with Crippen molar-refractivity contribution >= 4 is 23.5 Å². The number of aliphatic imine (C=N–C) groups is 1. The second kappa shape index (κ2) is 5.02. The zero-order valence-electron chi connectivity index (χ0n) is 11.4. The molecule has 0 saturated carbocycles. The topological polar surface area (TPSA) is 67.6 Å². The van der Waals surface area contributed by atoms with Crippen LogP contribution in [0.4, 0.5) is 10.1 Å². The van der Waals surface area contributed by atoms with Crippen LogP contribution in [0.1, 0.15) is 25.5 Å². The molecule has 0 radical (unpaired) electrons. The van der Waals surface area contributed by atoms with E-state index in [-0.39, 0.29) is 16.6 Å². The summed E-state index contributed by atoms with van der Waals surface area (Å²) >= 11 is 1.60. The van der Waals surface area contributed by atoms with Crippen molar-refractivity contribution in [2.75, 3.05) is 19.3 Å². The summed E-state index contributed by atoms with van der Waals surface area (Å²) in [5.74, 6) is 0.225. The van der Waals surface area contributed by atoms with Crippen LogP contribution in [-0.2, 0) is 0 Å². The van der Waals surface area contributed by atoms with Crippen LogP contribution in [0.25, 0.3) is 0 Å². The molecule has 4 N–H and O–H groups in total. The number of hydrogen-bond acceptors (Lipinski definition) is 5. The third-order valence-corrected chi connectivity index (χ3v) is 4.23. The number of nitrogen functional groups attached to an aromatic ring is 1. The van der Waals surface area contributed by atoms with Crippen LogP contribution in [0.5, 0.6) is 0 Å². The molecule has 1 heterocycles. The minimum Gasteiger partial charge on any atom is -0.399 e. The Kier molecular flexibility index (Phi) is 3.73. The molecule has 0 spiro atoms. The summed E-state index contributed by atoms with van der Waals surface area (Å²) in [6, 6.07) is 4.22. The van der Waals surface area contributed by atoms with Crippen LogP contribution in [0.3, 0.4) is 0 Å². The molecule has 2 rings (SSSR count). The first-order chi connectivity index (χ1) is 8.79. The quantitative estimate of drug-likeness (QED) is 0.612. The Labute approximate surface area is 117 Å². The normalized spacial score (nSPS) is 23.8. The van der Waals surface area contributed by atoms with E-state index in [1.54, 1.807) is 24.1 Å². The van der Waals surface area contributed by atoms with Crippen molar-refractivity contribution in [1.82, 2.24) is 4.31 Å². The maximum Gasteiger partial charge on any atom is 0.128 e. The van der Waals surface area contributed by atoms with E-state index in [4.69, 9.17) is 11.5 Å². The maximum atomic E-state index is 13.9. The smallest absolute Gasteiger partial charge is 0.128 e. The molecular formula is C13H19FN4S. The highest BCUT2D eigenvalue weighted by atomic mass is 32.2. The zero-order valence-corrected chi connectivity index (χ0v) is 12.2. The van der Waals surface area contributed by atoms with Gasteiger partial charge in [-0.15, -0.1) is 0 Å². The molecule has 0 bridgehead atoms. The van der Waals surface area contributed by atoms with Gasteiger partial charge in [0.05, 0.1) is 10.8 Å². The fourth-order valence-corrected chi connectivity index (χ4v) is 3.21. The third-order valence-electron chi connectivity index (χ3n) is 3.10. The fraction of sp³-hybridized carbons (Fsp3) is 0.462. The fourth-order valence-electron chi connectivity index (χ4n) is 2.07. The molecule has 6 heteroatoms. The first kappa shape index (κ1) is 14.1. The van der Waals surface area contributed by atoms with Gasteiger partial charge >= 0.3 is 0 Å². The summed E-state index contributed by atoms with van der Waals surface area (Å²) in [5.41, 5.74) is 12.8. The lowest BCUT2D eigenvalue weighted by molar-refractivity contribution is 0.489. The molecule has 0 aromatic heterocycles. The van der Waals surface area contributed by atoms with Crippen LogP contribution in [0.15, 0.2) is 23.2 Å². The molecule has 1 atom stereocenters. The average molecular weight is 282 g/mol. The van der Waals surface area contributed by atoms with Crippen LogP contribution >= 0.6 is 11.9 Å². The molecule has 0 fully saturated rings. The molecular weight excluding hydrogens is 263 g/mol. The summed E-state index contributed by atoms with van der Waals surface area (Å²) in [4.78, 5) is 4.49. The molecule has 1 aliphatic rings. The lowest BCUT2D eigenvalue weighted by Gasteiger charge is -2.25. The Morgan fingerprint density at radius 3 is 2.79 bits per heavy atom.